The van der Waals surface area contributed by atoms with Crippen LogP contribution in [0.2, 0.25) is 0 Å². The molecule has 0 saturated heterocycles. The summed E-state index contributed by atoms with van der Waals surface area (Å²) in [7, 11) is 0. The summed E-state index contributed by atoms with van der Waals surface area (Å²) in [5.41, 5.74) is 1.66. The normalized spacial score (nSPS) is 25.7. The molecule has 1 aromatic rings. The lowest BCUT2D eigenvalue weighted by molar-refractivity contribution is -0.126. The van der Waals surface area contributed by atoms with Crippen LogP contribution in [0.5, 0.6) is 0 Å². The first-order valence-corrected chi connectivity index (χ1v) is 7.31. The van der Waals surface area contributed by atoms with E-state index in [2.05, 4.69) is 24.4 Å². The van der Waals surface area contributed by atoms with Gasteiger partial charge in [0, 0.05) is 0 Å². The Morgan fingerprint density at radius 3 is 2.32 bits per heavy atom. The van der Waals surface area contributed by atoms with Crippen molar-refractivity contribution < 1.29 is 4.79 Å². The van der Waals surface area contributed by atoms with E-state index in [1.807, 2.05) is 26.0 Å². The molecular weight excluding hydrogens is 281 g/mol. The minimum Gasteiger partial charge on any atom is -0.349 e. The molecular formula is C15H19Cl2NO. The Hall–Kier alpha value is -0.730. The van der Waals surface area contributed by atoms with Gasteiger partial charge in [-0.15, -0.1) is 23.2 Å². The molecule has 0 spiro atoms. The van der Waals surface area contributed by atoms with Crippen molar-refractivity contribution in [3.8, 4) is 0 Å². The van der Waals surface area contributed by atoms with Gasteiger partial charge in [0.15, 0.2) is 0 Å². The number of halogens is 2. The van der Waals surface area contributed by atoms with Gasteiger partial charge < -0.3 is 5.32 Å². The van der Waals surface area contributed by atoms with E-state index in [4.69, 9.17) is 23.2 Å². The van der Waals surface area contributed by atoms with Crippen molar-refractivity contribution >= 4 is 29.1 Å². The largest absolute Gasteiger partial charge is 0.349 e. The van der Waals surface area contributed by atoms with Gasteiger partial charge in [0.25, 0.3) is 0 Å². The van der Waals surface area contributed by atoms with Crippen LogP contribution < -0.4 is 5.32 Å². The zero-order valence-electron chi connectivity index (χ0n) is 11.5. The Kier molecular flexibility index (Phi) is 3.85. The number of amides is 1. The summed E-state index contributed by atoms with van der Waals surface area (Å²) in [4.78, 5) is 12.3. The van der Waals surface area contributed by atoms with Crippen LogP contribution in [0.3, 0.4) is 0 Å². The smallest absolute Gasteiger partial charge is 0.229 e. The topological polar surface area (TPSA) is 29.1 Å². The summed E-state index contributed by atoms with van der Waals surface area (Å²) in [6.07, 6.45) is 1.35. The summed E-state index contributed by atoms with van der Waals surface area (Å²) in [6.45, 7) is 5.91. The van der Waals surface area contributed by atoms with Crippen molar-refractivity contribution in [3.05, 3.63) is 35.4 Å². The van der Waals surface area contributed by atoms with Gasteiger partial charge in [0.1, 0.15) is 4.33 Å². The minimum absolute atomic E-state index is 0.00894. The molecule has 0 radical (unpaired) electrons. The predicted octanol–water partition coefficient (Wildman–Crippen LogP) is 4.15. The molecule has 104 valence electrons. The quantitative estimate of drug-likeness (QED) is 0.832. The first-order valence-electron chi connectivity index (χ1n) is 6.55. The number of hydrogen-bond acceptors (Lipinski definition) is 1. The SMILES string of the molecule is CC[C@H](NC(=O)[C@@]1(C)CC1(Cl)Cl)c1ccc(C)cc1. The van der Waals surface area contributed by atoms with Gasteiger partial charge >= 0.3 is 0 Å². The summed E-state index contributed by atoms with van der Waals surface area (Å²) in [6, 6.07) is 8.21. The second-order valence-electron chi connectivity index (χ2n) is 5.56. The van der Waals surface area contributed by atoms with E-state index in [-0.39, 0.29) is 11.9 Å². The molecule has 2 atom stereocenters. The average molecular weight is 300 g/mol. The molecule has 4 heteroatoms. The van der Waals surface area contributed by atoms with Crippen LogP contribution in [0.25, 0.3) is 0 Å². The number of alkyl halides is 2. The van der Waals surface area contributed by atoms with E-state index in [0.717, 1.165) is 12.0 Å². The molecule has 0 bridgehead atoms. The van der Waals surface area contributed by atoms with Gasteiger partial charge in [-0.2, -0.15) is 0 Å². The molecule has 19 heavy (non-hydrogen) atoms. The van der Waals surface area contributed by atoms with Crippen molar-refractivity contribution in [1.29, 1.82) is 0 Å². The molecule has 1 amide bonds. The number of aryl methyl sites for hydroxylation is 1. The molecule has 1 saturated carbocycles. The standard InChI is InChI=1S/C15H19Cl2NO/c1-4-12(11-7-5-10(2)6-8-11)18-13(19)14(3)9-15(14,16)17/h5-8,12H,4,9H2,1-3H3,(H,18,19)/t12-,14+/m0/s1. The number of carbonyl (C=O) groups excluding carboxylic acids is 1. The van der Waals surface area contributed by atoms with Crippen molar-refractivity contribution in [2.45, 2.75) is 44.0 Å². The molecule has 0 aliphatic heterocycles. The molecule has 2 rings (SSSR count). The lowest BCUT2D eigenvalue weighted by atomic mass is 10.0. The summed E-state index contributed by atoms with van der Waals surface area (Å²) in [5.74, 6) is -0.0649. The Labute approximate surface area is 124 Å². The van der Waals surface area contributed by atoms with Crippen molar-refractivity contribution in [2.75, 3.05) is 0 Å². The number of rotatable bonds is 4. The van der Waals surface area contributed by atoms with Gasteiger partial charge in [-0.25, -0.2) is 0 Å². The Bertz CT molecular complexity index is 483. The molecule has 1 aromatic carbocycles. The molecule has 0 aromatic heterocycles. The molecule has 1 fully saturated rings. The number of benzene rings is 1. The van der Waals surface area contributed by atoms with Gasteiger partial charge in [-0.1, -0.05) is 36.8 Å². The van der Waals surface area contributed by atoms with E-state index in [1.165, 1.54) is 5.56 Å². The summed E-state index contributed by atoms with van der Waals surface area (Å²) in [5, 5.41) is 3.05. The summed E-state index contributed by atoms with van der Waals surface area (Å²) >= 11 is 12.1. The van der Waals surface area contributed by atoms with Crippen LogP contribution >= 0.6 is 23.2 Å². The Balaban J connectivity index is 2.08. The highest BCUT2D eigenvalue weighted by Gasteiger charge is 2.68. The minimum atomic E-state index is -0.914. The lowest BCUT2D eigenvalue weighted by Crippen LogP contribution is -2.36. The molecule has 0 heterocycles. The van der Waals surface area contributed by atoms with Crippen LogP contribution in [0, 0.1) is 12.3 Å². The van der Waals surface area contributed by atoms with Crippen LogP contribution in [-0.4, -0.2) is 10.2 Å². The lowest BCUT2D eigenvalue weighted by Gasteiger charge is -2.21. The number of hydrogen-bond donors (Lipinski definition) is 1. The fourth-order valence-corrected chi connectivity index (χ4v) is 2.89. The Morgan fingerprint density at radius 1 is 1.37 bits per heavy atom. The summed E-state index contributed by atoms with van der Waals surface area (Å²) < 4.78 is -0.914. The van der Waals surface area contributed by atoms with E-state index in [9.17, 15) is 4.79 Å². The van der Waals surface area contributed by atoms with Crippen LogP contribution in [0.1, 0.15) is 43.9 Å². The highest BCUT2D eigenvalue weighted by molar-refractivity contribution is 6.53. The van der Waals surface area contributed by atoms with Crippen LogP contribution in [0.4, 0.5) is 0 Å². The monoisotopic (exact) mass is 299 g/mol. The van der Waals surface area contributed by atoms with Crippen LogP contribution in [-0.2, 0) is 4.79 Å². The van der Waals surface area contributed by atoms with E-state index < -0.39 is 9.75 Å². The van der Waals surface area contributed by atoms with E-state index in [1.54, 1.807) is 0 Å². The maximum atomic E-state index is 12.3. The van der Waals surface area contributed by atoms with Crippen LogP contribution in [0.15, 0.2) is 24.3 Å². The number of nitrogens with one attached hydrogen (secondary N) is 1. The predicted molar refractivity (Wildman–Crippen MR) is 79.5 cm³/mol. The zero-order chi connectivity index (χ0) is 14.3. The van der Waals surface area contributed by atoms with Gasteiger partial charge in [-0.05, 0) is 32.3 Å². The number of carbonyl (C=O) groups is 1. The highest BCUT2D eigenvalue weighted by Crippen LogP contribution is 2.63. The molecule has 1 aliphatic carbocycles. The average Bonchev–Trinajstić information content (AvgIpc) is 2.88. The zero-order valence-corrected chi connectivity index (χ0v) is 13.0. The third-order valence-corrected chi connectivity index (χ3v) is 5.05. The molecule has 1 aliphatic rings. The molecule has 2 nitrogen and oxygen atoms in total. The first kappa shape index (κ1) is 14.7. The van der Waals surface area contributed by atoms with Crippen molar-refractivity contribution in [2.24, 2.45) is 5.41 Å². The second kappa shape index (κ2) is 4.99. The van der Waals surface area contributed by atoms with Gasteiger partial charge in [0.05, 0.1) is 11.5 Å². The van der Waals surface area contributed by atoms with Gasteiger partial charge in [-0.3, -0.25) is 4.79 Å². The van der Waals surface area contributed by atoms with E-state index >= 15 is 0 Å². The third-order valence-electron chi connectivity index (χ3n) is 3.95. The fraction of sp³-hybridized carbons (Fsp3) is 0.533. The van der Waals surface area contributed by atoms with Gasteiger partial charge in [0.2, 0.25) is 5.91 Å². The second-order valence-corrected chi connectivity index (χ2v) is 7.04. The van der Waals surface area contributed by atoms with E-state index in [0.29, 0.717) is 6.42 Å². The van der Waals surface area contributed by atoms with Crippen molar-refractivity contribution in [1.82, 2.24) is 5.32 Å². The molecule has 1 N–H and O–H groups in total. The van der Waals surface area contributed by atoms with Crippen molar-refractivity contribution in [3.63, 3.8) is 0 Å². The highest BCUT2D eigenvalue weighted by atomic mass is 35.5. The first-order chi connectivity index (χ1) is 8.80. The maximum Gasteiger partial charge on any atom is 0.229 e. The molecule has 0 unspecified atom stereocenters. The fourth-order valence-electron chi connectivity index (χ4n) is 2.18. The Morgan fingerprint density at radius 2 is 1.89 bits per heavy atom. The third kappa shape index (κ3) is 2.75. The maximum absolute atomic E-state index is 12.3.